The van der Waals surface area contributed by atoms with Crippen molar-refractivity contribution in [3.05, 3.63) is 47.7 Å². The van der Waals surface area contributed by atoms with Gasteiger partial charge in [-0.15, -0.1) is 0 Å². The van der Waals surface area contributed by atoms with Crippen LogP contribution >= 0.6 is 0 Å². The topological polar surface area (TPSA) is 12.0 Å². The summed E-state index contributed by atoms with van der Waals surface area (Å²) < 4.78 is 0. The van der Waals surface area contributed by atoms with E-state index in [0.29, 0.717) is 6.04 Å². The van der Waals surface area contributed by atoms with E-state index < -0.39 is 0 Å². The van der Waals surface area contributed by atoms with Crippen LogP contribution in [-0.4, -0.2) is 6.04 Å². The van der Waals surface area contributed by atoms with E-state index in [9.17, 15) is 0 Å². The Kier molecular flexibility index (Phi) is 7.32. The van der Waals surface area contributed by atoms with Crippen LogP contribution in [0.3, 0.4) is 0 Å². The van der Waals surface area contributed by atoms with Crippen molar-refractivity contribution in [2.24, 2.45) is 0 Å². The highest BCUT2D eigenvalue weighted by molar-refractivity contribution is 5.22. The number of nitrogens with one attached hydrogen (secondary N) is 1. The van der Waals surface area contributed by atoms with Crippen LogP contribution in [-0.2, 0) is 6.42 Å². The van der Waals surface area contributed by atoms with Crippen LogP contribution < -0.4 is 5.32 Å². The number of hydrogen-bond acceptors (Lipinski definition) is 1. The number of aryl methyl sites for hydroxylation is 1. The fourth-order valence-corrected chi connectivity index (χ4v) is 2.31. The lowest BCUT2D eigenvalue weighted by Crippen LogP contribution is -2.27. The smallest absolute Gasteiger partial charge is 0.0270 e. The number of benzene rings is 1. The number of unbranched alkanes of at least 4 members (excludes halogenated alkanes) is 3. The van der Waals surface area contributed by atoms with E-state index in [1.165, 1.54) is 42.5 Å². The molecule has 0 saturated heterocycles. The van der Waals surface area contributed by atoms with Crippen molar-refractivity contribution in [2.45, 2.75) is 65.3 Å². The molecule has 0 aliphatic carbocycles. The largest absolute Gasteiger partial charge is 0.386 e. The van der Waals surface area contributed by atoms with Crippen molar-refractivity contribution >= 4 is 0 Å². The second-order valence-electron chi connectivity index (χ2n) is 5.65. The normalized spacial score (nSPS) is 12.2. The molecule has 0 saturated carbocycles. The number of allylic oxidation sites excluding steroid dienone is 1. The molecule has 0 spiro atoms. The van der Waals surface area contributed by atoms with Gasteiger partial charge in [0.2, 0.25) is 0 Å². The summed E-state index contributed by atoms with van der Waals surface area (Å²) >= 11 is 0. The Morgan fingerprint density at radius 2 is 1.84 bits per heavy atom. The predicted molar refractivity (Wildman–Crippen MR) is 85.4 cm³/mol. The van der Waals surface area contributed by atoms with Crippen LogP contribution in [0.4, 0.5) is 0 Å². The zero-order chi connectivity index (χ0) is 14.1. The Bertz CT molecular complexity index is 364. The van der Waals surface area contributed by atoms with Crippen LogP contribution in [0.25, 0.3) is 0 Å². The van der Waals surface area contributed by atoms with Gasteiger partial charge >= 0.3 is 0 Å². The first-order valence-electron chi connectivity index (χ1n) is 7.61. The van der Waals surface area contributed by atoms with Gasteiger partial charge in [0.15, 0.2) is 0 Å². The van der Waals surface area contributed by atoms with Crippen LogP contribution in [0.1, 0.15) is 57.1 Å². The maximum atomic E-state index is 4.14. The third-order valence-electron chi connectivity index (χ3n) is 3.45. The van der Waals surface area contributed by atoms with Gasteiger partial charge in [-0.2, -0.15) is 0 Å². The van der Waals surface area contributed by atoms with Crippen molar-refractivity contribution in [3.63, 3.8) is 0 Å². The van der Waals surface area contributed by atoms with Crippen molar-refractivity contribution < 1.29 is 0 Å². The Morgan fingerprint density at radius 1 is 1.16 bits per heavy atom. The first-order valence-corrected chi connectivity index (χ1v) is 7.61. The zero-order valence-electron chi connectivity index (χ0n) is 12.8. The maximum absolute atomic E-state index is 4.14. The minimum Gasteiger partial charge on any atom is -0.386 e. The molecule has 0 heterocycles. The molecule has 19 heavy (non-hydrogen) atoms. The zero-order valence-corrected chi connectivity index (χ0v) is 12.8. The Labute approximate surface area is 119 Å². The van der Waals surface area contributed by atoms with Crippen LogP contribution in [0.2, 0.25) is 0 Å². The molecule has 0 radical (unpaired) electrons. The predicted octanol–water partition coefficient (Wildman–Crippen LogP) is 5.00. The molecule has 1 aromatic rings. The molecule has 0 amide bonds. The first kappa shape index (κ1) is 15.8. The molecule has 106 valence electrons. The minimum absolute atomic E-state index is 0.460. The lowest BCUT2D eigenvalue weighted by molar-refractivity contribution is 0.573. The third-order valence-corrected chi connectivity index (χ3v) is 3.45. The summed E-state index contributed by atoms with van der Waals surface area (Å²) in [4.78, 5) is 0. The highest BCUT2D eigenvalue weighted by Crippen LogP contribution is 2.10. The van der Waals surface area contributed by atoms with Gasteiger partial charge < -0.3 is 5.32 Å². The SMILES string of the molecule is C=C(CCCCCC)NC(C)Cc1ccc(C)cc1. The molecule has 1 unspecified atom stereocenters. The van der Waals surface area contributed by atoms with E-state index >= 15 is 0 Å². The van der Waals surface area contributed by atoms with Crippen LogP contribution in [0.5, 0.6) is 0 Å². The maximum Gasteiger partial charge on any atom is 0.0270 e. The van der Waals surface area contributed by atoms with Gasteiger partial charge in [-0.3, -0.25) is 0 Å². The van der Waals surface area contributed by atoms with Gasteiger partial charge in [0.1, 0.15) is 0 Å². The van der Waals surface area contributed by atoms with Gasteiger partial charge in [0.05, 0.1) is 0 Å². The summed E-state index contributed by atoms with van der Waals surface area (Å²) in [5, 5.41) is 3.53. The second kappa shape index (κ2) is 8.79. The molecule has 1 aromatic carbocycles. The minimum atomic E-state index is 0.460. The summed E-state index contributed by atoms with van der Waals surface area (Å²) in [6.07, 6.45) is 7.39. The molecule has 0 aliphatic heterocycles. The van der Waals surface area contributed by atoms with Crippen molar-refractivity contribution in [3.8, 4) is 0 Å². The monoisotopic (exact) mass is 259 g/mol. The van der Waals surface area contributed by atoms with E-state index in [2.05, 4.69) is 56.9 Å². The van der Waals surface area contributed by atoms with Gasteiger partial charge in [-0.05, 0) is 38.7 Å². The highest BCUT2D eigenvalue weighted by atomic mass is 14.9. The van der Waals surface area contributed by atoms with Crippen LogP contribution in [0, 0.1) is 6.92 Å². The van der Waals surface area contributed by atoms with Gasteiger partial charge in [0.25, 0.3) is 0 Å². The Hall–Kier alpha value is -1.24. The molecule has 0 fully saturated rings. The fraction of sp³-hybridized carbons (Fsp3) is 0.556. The van der Waals surface area contributed by atoms with E-state index in [-0.39, 0.29) is 0 Å². The second-order valence-corrected chi connectivity index (χ2v) is 5.65. The van der Waals surface area contributed by atoms with Gasteiger partial charge in [0, 0.05) is 11.7 Å². The van der Waals surface area contributed by atoms with Crippen molar-refractivity contribution in [2.75, 3.05) is 0 Å². The molecule has 0 aliphatic rings. The Morgan fingerprint density at radius 3 is 2.47 bits per heavy atom. The standard InChI is InChI=1S/C18H29N/c1-5-6-7-8-9-16(3)19-17(4)14-18-12-10-15(2)11-13-18/h10-13,17,19H,3,5-9,14H2,1-2,4H3. The molecule has 1 nitrogen and oxygen atoms in total. The Balaban J connectivity index is 2.24. The van der Waals surface area contributed by atoms with Gasteiger partial charge in [-0.25, -0.2) is 0 Å². The summed E-state index contributed by atoms with van der Waals surface area (Å²) in [5.41, 5.74) is 3.91. The summed E-state index contributed by atoms with van der Waals surface area (Å²) in [5.74, 6) is 0. The lowest BCUT2D eigenvalue weighted by atomic mass is 10.0. The average molecular weight is 259 g/mol. The van der Waals surface area contributed by atoms with Crippen LogP contribution in [0.15, 0.2) is 36.5 Å². The summed E-state index contributed by atoms with van der Waals surface area (Å²) in [7, 11) is 0. The van der Waals surface area contributed by atoms with Crippen molar-refractivity contribution in [1.82, 2.24) is 5.32 Å². The quantitative estimate of drug-likeness (QED) is 0.615. The molecular formula is C18H29N. The van der Waals surface area contributed by atoms with E-state index in [1.54, 1.807) is 0 Å². The molecule has 1 N–H and O–H groups in total. The molecule has 1 rings (SSSR count). The molecule has 1 heteroatoms. The lowest BCUT2D eigenvalue weighted by Gasteiger charge is -2.17. The number of hydrogen-bond donors (Lipinski definition) is 1. The average Bonchev–Trinajstić information content (AvgIpc) is 2.37. The first-order chi connectivity index (χ1) is 9.11. The van der Waals surface area contributed by atoms with E-state index in [1.807, 2.05) is 0 Å². The molecule has 0 bridgehead atoms. The summed E-state index contributed by atoms with van der Waals surface area (Å²) in [6, 6.07) is 9.26. The fourth-order valence-electron chi connectivity index (χ4n) is 2.31. The third kappa shape index (κ3) is 7.05. The molecule has 0 aromatic heterocycles. The summed E-state index contributed by atoms with van der Waals surface area (Å²) in [6.45, 7) is 10.7. The molecular weight excluding hydrogens is 230 g/mol. The van der Waals surface area contributed by atoms with E-state index in [4.69, 9.17) is 0 Å². The highest BCUT2D eigenvalue weighted by Gasteiger charge is 2.04. The van der Waals surface area contributed by atoms with Crippen molar-refractivity contribution in [1.29, 1.82) is 0 Å². The van der Waals surface area contributed by atoms with Gasteiger partial charge in [-0.1, -0.05) is 62.6 Å². The number of rotatable bonds is 9. The van der Waals surface area contributed by atoms with E-state index in [0.717, 1.165) is 12.8 Å². The molecule has 1 atom stereocenters.